The van der Waals surface area contributed by atoms with Gasteiger partial charge in [0.05, 0.1) is 26.7 Å². The number of fused-ring (bicyclic) bond motifs is 1. The molecule has 0 saturated carbocycles. The third kappa shape index (κ3) is 4.24. The first-order valence-corrected chi connectivity index (χ1v) is 10.5. The molecule has 2 aliphatic rings. The van der Waals surface area contributed by atoms with Gasteiger partial charge in [0.25, 0.3) is 0 Å². The topological polar surface area (TPSA) is 164 Å². The molecule has 11 heteroatoms. The molecule has 2 aromatic rings. The van der Waals surface area contributed by atoms with Gasteiger partial charge in [-0.05, 0) is 6.07 Å². The molecule has 1 saturated heterocycles. The number of ether oxygens (including phenoxy) is 5. The summed E-state index contributed by atoms with van der Waals surface area (Å²) in [6.45, 7) is -0.647. The predicted octanol–water partition coefficient (Wildman–Crippen LogP) is -0.0530. The molecule has 0 radical (unpaired) electrons. The first-order chi connectivity index (χ1) is 16.3. The molecule has 0 aliphatic carbocycles. The molecule has 2 aromatic carbocycles. The molecule has 11 nitrogen and oxygen atoms in total. The summed E-state index contributed by atoms with van der Waals surface area (Å²) < 4.78 is 27.2. The van der Waals surface area contributed by atoms with Crippen molar-refractivity contribution in [2.45, 2.75) is 36.6 Å². The molecule has 2 heterocycles. The van der Waals surface area contributed by atoms with Crippen LogP contribution in [-0.4, -0.2) is 89.5 Å². The van der Waals surface area contributed by atoms with E-state index in [0.717, 1.165) is 6.07 Å². The van der Waals surface area contributed by atoms with Crippen LogP contribution < -0.4 is 18.9 Å². The van der Waals surface area contributed by atoms with Crippen molar-refractivity contribution in [2.75, 3.05) is 27.4 Å². The third-order valence-electron chi connectivity index (χ3n) is 5.94. The maximum absolute atomic E-state index is 13.3. The summed E-state index contributed by atoms with van der Waals surface area (Å²) in [6.07, 6.45) is -7.41. The molecule has 34 heavy (non-hydrogen) atoms. The zero-order chi connectivity index (χ0) is 24.6. The van der Waals surface area contributed by atoms with Crippen LogP contribution in [0, 0.1) is 0 Å². The van der Waals surface area contributed by atoms with Gasteiger partial charge in [0.2, 0.25) is 6.29 Å². The summed E-state index contributed by atoms with van der Waals surface area (Å²) >= 11 is 0. The number of carbonyl (C=O) groups excluding carboxylic acids is 1. The number of aromatic hydroxyl groups is 1. The Kier molecular flexibility index (Phi) is 6.82. The summed E-state index contributed by atoms with van der Waals surface area (Å²) in [7, 11) is 2.99. The van der Waals surface area contributed by atoms with Gasteiger partial charge in [0, 0.05) is 23.8 Å². The van der Waals surface area contributed by atoms with Gasteiger partial charge in [0.1, 0.15) is 65.3 Å². The zero-order valence-electron chi connectivity index (χ0n) is 18.5. The number of ketones is 1. The first-order valence-electron chi connectivity index (χ1n) is 10.5. The van der Waals surface area contributed by atoms with Crippen LogP contribution in [0.15, 0.2) is 30.3 Å². The van der Waals surface area contributed by atoms with Crippen LogP contribution in [0.3, 0.4) is 0 Å². The van der Waals surface area contributed by atoms with Crippen LogP contribution in [0.4, 0.5) is 0 Å². The quantitative estimate of drug-likeness (QED) is 0.378. The van der Waals surface area contributed by atoms with Crippen molar-refractivity contribution < 1.29 is 54.0 Å². The minimum atomic E-state index is -1.63. The number of carbonyl (C=O) groups is 1. The number of aliphatic hydroxyl groups is 4. The Balaban J connectivity index is 1.59. The van der Waals surface area contributed by atoms with Crippen molar-refractivity contribution in [3.63, 3.8) is 0 Å². The molecular weight excluding hydrogens is 452 g/mol. The van der Waals surface area contributed by atoms with Gasteiger partial charge in [0.15, 0.2) is 5.78 Å². The maximum atomic E-state index is 13.3. The normalized spacial score (nSPS) is 28.6. The predicted molar refractivity (Wildman–Crippen MR) is 115 cm³/mol. The number of Topliss-reactive ketones (excluding diaryl/α,β-unsaturated/α-hetero) is 1. The SMILES string of the molecule is COc1ccc(C2COc3cc(OC4OC(CO)C(O)C(O)C4O)cc(O)c3C2=O)c(OC)c1. The standard InChI is InChI=1S/C23H26O11/c1-30-10-3-4-12(15(6-10)31-2)13-9-32-16-7-11(5-14(25)18(16)19(13)26)33-23-22(29)21(28)20(27)17(8-24)34-23/h3-7,13,17,20-25,27-29H,8-9H2,1-2H3. The van der Waals surface area contributed by atoms with E-state index in [2.05, 4.69) is 0 Å². The summed E-state index contributed by atoms with van der Waals surface area (Å²) in [5.74, 6) is -0.505. The van der Waals surface area contributed by atoms with E-state index in [1.54, 1.807) is 18.2 Å². The second kappa shape index (κ2) is 9.65. The van der Waals surface area contributed by atoms with Crippen LogP contribution >= 0.6 is 0 Å². The Bertz CT molecular complexity index is 1050. The fraction of sp³-hybridized carbons (Fsp3) is 0.435. The van der Waals surface area contributed by atoms with Crippen LogP contribution in [0.5, 0.6) is 28.7 Å². The lowest BCUT2D eigenvalue weighted by atomic mass is 9.88. The highest BCUT2D eigenvalue weighted by atomic mass is 16.7. The largest absolute Gasteiger partial charge is 0.507 e. The molecular formula is C23H26O11. The van der Waals surface area contributed by atoms with Gasteiger partial charge >= 0.3 is 0 Å². The van der Waals surface area contributed by atoms with Crippen LogP contribution in [0.1, 0.15) is 21.8 Å². The van der Waals surface area contributed by atoms with E-state index in [1.807, 2.05) is 0 Å². The van der Waals surface area contributed by atoms with Gasteiger partial charge in [-0.25, -0.2) is 0 Å². The highest BCUT2D eigenvalue weighted by Crippen LogP contribution is 2.43. The van der Waals surface area contributed by atoms with Gasteiger partial charge in [-0.3, -0.25) is 4.79 Å². The number of aliphatic hydroxyl groups excluding tert-OH is 4. The average Bonchev–Trinajstić information content (AvgIpc) is 2.84. The molecule has 0 spiro atoms. The molecule has 0 aromatic heterocycles. The Hall–Kier alpha value is -3.09. The average molecular weight is 478 g/mol. The van der Waals surface area contributed by atoms with Crippen molar-refractivity contribution in [1.82, 2.24) is 0 Å². The Morgan fingerprint density at radius 3 is 2.44 bits per heavy atom. The number of phenols is 1. The maximum Gasteiger partial charge on any atom is 0.229 e. The van der Waals surface area contributed by atoms with Gasteiger partial charge in [-0.15, -0.1) is 0 Å². The van der Waals surface area contributed by atoms with E-state index in [-0.39, 0.29) is 29.5 Å². The van der Waals surface area contributed by atoms with Gasteiger partial charge in [-0.2, -0.15) is 0 Å². The number of phenolic OH excluding ortho intramolecular Hbond substituents is 1. The minimum absolute atomic E-state index is 0.0196. The summed E-state index contributed by atoms with van der Waals surface area (Å²) in [5, 5.41) is 49.9. The van der Waals surface area contributed by atoms with Crippen LogP contribution in [0.2, 0.25) is 0 Å². The van der Waals surface area contributed by atoms with Crippen molar-refractivity contribution in [1.29, 1.82) is 0 Å². The van der Waals surface area contributed by atoms with Gasteiger partial charge in [-0.1, -0.05) is 6.07 Å². The molecule has 4 rings (SSSR count). The molecule has 2 aliphatic heterocycles. The summed E-state index contributed by atoms with van der Waals surface area (Å²) in [5.41, 5.74) is 0.523. The molecule has 184 valence electrons. The van der Waals surface area contributed by atoms with E-state index in [9.17, 15) is 30.3 Å². The molecule has 0 amide bonds. The lowest BCUT2D eigenvalue weighted by Gasteiger charge is -2.39. The lowest BCUT2D eigenvalue weighted by Crippen LogP contribution is -2.60. The molecule has 6 unspecified atom stereocenters. The number of rotatable bonds is 6. The minimum Gasteiger partial charge on any atom is -0.507 e. The molecule has 1 fully saturated rings. The van der Waals surface area contributed by atoms with E-state index < -0.39 is 49.0 Å². The fourth-order valence-electron chi connectivity index (χ4n) is 4.06. The van der Waals surface area contributed by atoms with Crippen molar-refractivity contribution in [3.05, 3.63) is 41.5 Å². The fourth-order valence-corrected chi connectivity index (χ4v) is 4.06. The van der Waals surface area contributed by atoms with E-state index in [1.165, 1.54) is 20.3 Å². The lowest BCUT2D eigenvalue weighted by molar-refractivity contribution is -0.277. The van der Waals surface area contributed by atoms with Crippen LogP contribution in [-0.2, 0) is 4.74 Å². The molecule has 6 atom stereocenters. The smallest absolute Gasteiger partial charge is 0.229 e. The highest BCUT2D eigenvalue weighted by Gasteiger charge is 2.45. The molecule has 5 N–H and O–H groups in total. The van der Waals surface area contributed by atoms with Crippen LogP contribution in [0.25, 0.3) is 0 Å². The second-order valence-electron chi connectivity index (χ2n) is 7.97. The van der Waals surface area contributed by atoms with Crippen molar-refractivity contribution >= 4 is 5.78 Å². The van der Waals surface area contributed by atoms with Gasteiger partial charge < -0.3 is 49.2 Å². The Morgan fingerprint density at radius 2 is 1.76 bits per heavy atom. The Morgan fingerprint density at radius 1 is 1.00 bits per heavy atom. The third-order valence-corrected chi connectivity index (χ3v) is 5.94. The van der Waals surface area contributed by atoms with Crippen molar-refractivity contribution in [3.8, 4) is 28.7 Å². The highest BCUT2D eigenvalue weighted by molar-refractivity contribution is 6.06. The molecule has 0 bridgehead atoms. The second-order valence-corrected chi connectivity index (χ2v) is 7.97. The Labute approximate surface area is 194 Å². The number of benzene rings is 2. The number of methoxy groups -OCH3 is 2. The number of hydrogen-bond donors (Lipinski definition) is 5. The number of hydrogen-bond acceptors (Lipinski definition) is 11. The monoisotopic (exact) mass is 478 g/mol. The summed E-state index contributed by atoms with van der Waals surface area (Å²) in [4.78, 5) is 13.3. The van der Waals surface area contributed by atoms with E-state index >= 15 is 0 Å². The van der Waals surface area contributed by atoms with E-state index in [0.29, 0.717) is 17.1 Å². The first kappa shape index (κ1) is 24.0. The van der Waals surface area contributed by atoms with Crippen molar-refractivity contribution in [2.24, 2.45) is 0 Å². The van der Waals surface area contributed by atoms with E-state index in [4.69, 9.17) is 23.7 Å². The zero-order valence-corrected chi connectivity index (χ0v) is 18.5. The summed E-state index contributed by atoms with van der Waals surface area (Å²) in [6, 6.07) is 7.53.